The second-order valence-corrected chi connectivity index (χ2v) is 8.37. The van der Waals surface area contributed by atoms with Gasteiger partial charge in [-0.15, -0.1) is 22.7 Å². The third kappa shape index (κ3) is 4.24. The van der Waals surface area contributed by atoms with Crippen LogP contribution in [0.25, 0.3) is 10.1 Å². The predicted molar refractivity (Wildman–Crippen MR) is 103 cm³/mol. The maximum Gasteiger partial charge on any atom is 0.253 e. The lowest BCUT2D eigenvalue weighted by molar-refractivity contribution is -0.120. The highest BCUT2D eigenvalue weighted by Crippen LogP contribution is 2.32. The zero-order valence-electron chi connectivity index (χ0n) is 14.7. The van der Waals surface area contributed by atoms with E-state index in [0.717, 1.165) is 19.5 Å². The Hall–Kier alpha value is -2.56. The summed E-state index contributed by atoms with van der Waals surface area (Å²) in [6.07, 6.45) is 3.40. The van der Waals surface area contributed by atoms with Gasteiger partial charge >= 0.3 is 0 Å². The SMILES string of the molecule is Cc1ncc(COc2cc3c(C(=O)N[C@@H](CO)C(N)=O)c(C)sc3cn2)s1. The van der Waals surface area contributed by atoms with Gasteiger partial charge in [-0.2, -0.15) is 0 Å². The average Bonchev–Trinajstić information content (AvgIpc) is 3.19. The minimum Gasteiger partial charge on any atom is -0.472 e. The number of thiophene rings is 1. The number of carbonyl (C=O) groups excluding carboxylic acids is 2. The number of ether oxygens (including phenoxy) is 1. The van der Waals surface area contributed by atoms with Crippen molar-refractivity contribution in [1.82, 2.24) is 15.3 Å². The number of rotatable bonds is 7. The van der Waals surface area contributed by atoms with Crippen molar-refractivity contribution in [2.24, 2.45) is 5.73 Å². The van der Waals surface area contributed by atoms with E-state index in [1.54, 1.807) is 36.7 Å². The number of nitrogens with one attached hydrogen (secondary N) is 1. The lowest BCUT2D eigenvalue weighted by Gasteiger charge is -2.12. The molecule has 0 bridgehead atoms. The molecule has 8 nitrogen and oxygen atoms in total. The molecule has 0 unspecified atom stereocenters. The fourth-order valence-corrected chi connectivity index (χ4v) is 4.24. The zero-order chi connectivity index (χ0) is 19.6. The van der Waals surface area contributed by atoms with Crippen LogP contribution in [0.2, 0.25) is 0 Å². The smallest absolute Gasteiger partial charge is 0.253 e. The number of primary amides is 1. The van der Waals surface area contributed by atoms with E-state index < -0.39 is 24.5 Å². The van der Waals surface area contributed by atoms with E-state index in [9.17, 15) is 14.7 Å². The molecule has 0 spiro atoms. The minimum atomic E-state index is -1.14. The summed E-state index contributed by atoms with van der Waals surface area (Å²) in [7, 11) is 0. The molecule has 3 heterocycles. The molecule has 1 atom stereocenters. The number of aliphatic hydroxyl groups is 1. The molecule has 4 N–H and O–H groups in total. The molecule has 3 aromatic heterocycles. The quantitative estimate of drug-likeness (QED) is 0.546. The number of nitrogens with two attached hydrogens (primary N) is 1. The van der Waals surface area contributed by atoms with Crippen molar-refractivity contribution >= 4 is 44.6 Å². The summed E-state index contributed by atoms with van der Waals surface area (Å²) < 4.78 is 6.53. The van der Waals surface area contributed by atoms with Gasteiger partial charge in [-0.3, -0.25) is 9.59 Å². The molecule has 3 rings (SSSR count). The predicted octanol–water partition coefficient (Wildman–Crippen LogP) is 1.52. The minimum absolute atomic E-state index is 0.336. The second kappa shape index (κ2) is 7.99. The van der Waals surface area contributed by atoms with Crippen LogP contribution in [0.4, 0.5) is 0 Å². The van der Waals surface area contributed by atoms with Gasteiger partial charge in [0.2, 0.25) is 11.8 Å². The van der Waals surface area contributed by atoms with E-state index in [4.69, 9.17) is 10.5 Å². The van der Waals surface area contributed by atoms with Crippen molar-refractivity contribution in [3.05, 3.63) is 38.8 Å². The number of pyridine rings is 1. The van der Waals surface area contributed by atoms with Crippen molar-refractivity contribution in [1.29, 1.82) is 0 Å². The van der Waals surface area contributed by atoms with E-state index in [-0.39, 0.29) is 0 Å². The van der Waals surface area contributed by atoms with Crippen LogP contribution in [0.5, 0.6) is 5.88 Å². The molecule has 3 aromatic rings. The van der Waals surface area contributed by atoms with Crippen molar-refractivity contribution in [2.75, 3.05) is 6.61 Å². The number of hydrogen-bond donors (Lipinski definition) is 3. The Morgan fingerprint density at radius 1 is 1.30 bits per heavy atom. The summed E-state index contributed by atoms with van der Waals surface area (Å²) in [5.41, 5.74) is 5.59. The van der Waals surface area contributed by atoms with Crippen LogP contribution >= 0.6 is 22.7 Å². The van der Waals surface area contributed by atoms with E-state index in [0.29, 0.717) is 23.4 Å². The van der Waals surface area contributed by atoms with Gasteiger partial charge in [0, 0.05) is 28.7 Å². The highest BCUT2D eigenvalue weighted by molar-refractivity contribution is 7.19. The third-order valence-electron chi connectivity index (χ3n) is 3.82. The molecule has 0 aliphatic carbocycles. The summed E-state index contributed by atoms with van der Waals surface area (Å²) in [5.74, 6) is -0.894. The second-order valence-electron chi connectivity index (χ2n) is 5.80. The molecular formula is C17H18N4O4S2. The lowest BCUT2D eigenvalue weighted by Crippen LogP contribution is -2.46. The Morgan fingerprint density at radius 3 is 2.70 bits per heavy atom. The van der Waals surface area contributed by atoms with Crippen LogP contribution in [0.15, 0.2) is 18.5 Å². The third-order valence-corrected chi connectivity index (χ3v) is 5.76. The van der Waals surface area contributed by atoms with Crippen LogP contribution < -0.4 is 15.8 Å². The lowest BCUT2D eigenvalue weighted by atomic mass is 10.1. The summed E-state index contributed by atoms with van der Waals surface area (Å²) in [4.78, 5) is 34.1. The Morgan fingerprint density at radius 2 is 2.07 bits per heavy atom. The first-order chi connectivity index (χ1) is 12.9. The van der Waals surface area contributed by atoms with Gasteiger partial charge < -0.3 is 20.9 Å². The van der Waals surface area contributed by atoms with Gasteiger partial charge in [0.15, 0.2) is 0 Å². The van der Waals surface area contributed by atoms with Crippen LogP contribution in [0.1, 0.15) is 25.1 Å². The molecule has 0 aromatic carbocycles. The molecule has 2 amide bonds. The Bertz CT molecular complexity index is 998. The number of aromatic nitrogens is 2. The van der Waals surface area contributed by atoms with Gasteiger partial charge in [0.1, 0.15) is 12.6 Å². The Labute approximate surface area is 163 Å². The van der Waals surface area contributed by atoms with Gasteiger partial charge in [0.05, 0.1) is 26.8 Å². The van der Waals surface area contributed by atoms with E-state index >= 15 is 0 Å². The number of aliphatic hydroxyl groups excluding tert-OH is 1. The first-order valence-electron chi connectivity index (χ1n) is 8.03. The number of amides is 2. The number of hydrogen-bond acceptors (Lipinski definition) is 8. The first-order valence-corrected chi connectivity index (χ1v) is 9.66. The molecule has 0 saturated carbocycles. The zero-order valence-corrected chi connectivity index (χ0v) is 16.3. The average molecular weight is 406 g/mol. The number of carbonyl (C=O) groups is 2. The van der Waals surface area contributed by atoms with Crippen LogP contribution in [-0.2, 0) is 11.4 Å². The fraction of sp³-hybridized carbons (Fsp3) is 0.294. The van der Waals surface area contributed by atoms with Crippen LogP contribution in [0.3, 0.4) is 0 Å². The maximum absolute atomic E-state index is 12.6. The summed E-state index contributed by atoms with van der Waals surface area (Å²) in [5, 5.41) is 13.3. The topological polar surface area (TPSA) is 127 Å². The molecular weight excluding hydrogens is 388 g/mol. The monoisotopic (exact) mass is 406 g/mol. The Kier molecular flexibility index (Phi) is 5.68. The van der Waals surface area contributed by atoms with Crippen LogP contribution in [0, 0.1) is 13.8 Å². The normalized spacial score (nSPS) is 12.1. The summed E-state index contributed by atoms with van der Waals surface area (Å²) in [6.45, 7) is 3.50. The highest BCUT2D eigenvalue weighted by atomic mass is 32.1. The van der Waals surface area contributed by atoms with E-state index in [2.05, 4.69) is 15.3 Å². The maximum atomic E-state index is 12.6. The molecule has 0 saturated heterocycles. The number of thiazole rings is 1. The summed E-state index contributed by atoms with van der Waals surface area (Å²) >= 11 is 2.95. The Balaban J connectivity index is 1.85. The molecule has 27 heavy (non-hydrogen) atoms. The van der Waals surface area contributed by atoms with Crippen LogP contribution in [-0.4, -0.2) is 39.5 Å². The van der Waals surface area contributed by atoms with Gasteiger partial charge in [-0.1, -0.05) is 0 Å². The molecule has 0 aliphatic heterocycles. The van der Waals surface area contributed by atoms with Gasteiger partial charge in [-0.25, -0.2) is 9.97 Å². The van der Waals surface area contributed by atoms with Crippen molar-refractivity contribution < 1.29 is 19.4 Å². The molecule has 142 valence electrons. The largest absolute Gasteiger partial charge is 0.472 e. The van der Waals surface area contributed by atoms with Gasteiger partial charge in [-0.05, 0) is 13.8 Å². The number of fused-ring (bicyclic) bond motifs is 1. The van der Waals surface area contributed by atoms with Gasteiger partial charge in [0.25, 0.3) is 5.91 Å². The molecule has 10 heteroatoms. The molecule has 0 radical (unpaired) electrons. The highest BCUT2D eigenvalue weighted by Gasteiger charge is 2.22. The van der Waals surface area contributed by atoms with Crippen molar-refractivity contribution in [2.45, 2.75) is 26.5 Å². The number of nitrogens with zero attached hydrogens (tertiary/aromatic N) is 2. The fourth-order valence-electron chi connectivity index (χ4n) is 2.52. The van der Waals surface area contributed by atoms with E-state index in [1.807, 2.05) is 6.92 Å². The standard InChI is InChI=1S/C17H18N4O4S2/c1-8-15(17(24)21-12(6-22)16(18)23)11-3-14(20-5-13(11)26-8)25-7-10-4-19-9(2)27-10/h3-5,12,22H,6-7H2,1-2H3,(H2,18,23)(H,21,24)/t12-/m0/s1. The molecule has 0 aliphatic rings. The van der Waals surface area contributed by atoms with Crippen molar-refractivity contribution in [3.8, 4) is 5.88 Å². The molecule has 0 fully saturated rings. The number of aryl methyl sites for hydroxylation is 2. The van der Waals surface area contributed by atoms with E-state index in [1.165, 1.54) is 11.3 Å². The first kappa shape index (κ1) is 19.2. The summed E-state index contributed by atoms with van der Waals surface area (Å²) in [6, 6.07) is 0.554. The van der Waals surface area contributed by atoms with Crippen molar-refractivity contribution in [3.63, 3.8) is 0 Å².